The van der Waals surface area contributed by atoms with E-state index in [0.29, 0.717) is 10.8 Å². The van der Waals surface area contributed by atoms with E-state index in [1.807, 2.05) is 6.07 Å². The van der Waals surface area contributed by atoms with Crippen molar-refractivity contribution < 1.29 is 38.1 Å². The molecule has 2 aromatic rings. The van der Waals surface area contributed by atoms with Crippen molar-refractivity contribution in [1.82, 2.24) is 10.3 Å². The monoisotopic (exact) mass is 548 g/mol. The van der Waals surface area contributed by atoms with Gasteiger partial charge in [-0.25, -0.2) is 9.78 Å². The van der Waals surface area contributed by atoms with Gasteiger partial charge >= 0.3 is 11.9 Å². The largest absolute Gasteiger partial charge is 0.493 e. The smallest absolute Gasteiger partial charge is 0.328 e. The van der Waals surface area contributed by atoms with Crippen LogP contribution in [0.5, 0.6) is 17.2 Å². The maximum absolute atomic E-state index is 13.0. The van der Waals surface area contributed by atoms with Crippen molar-refractivity contribution in [2.45, 2.75) is 64.7 Å². The summed E-state index contributed by atoms with van der Waals surface area (Å²) in [6.07, 6.45) is 4.52. The summed E-state index contributed by atoms with van der Waals surface area (Å²) in [4.78, 5) is 41.1. The van der Waals surface area contributed by atoms with E-state index in [9.17, 15) is 14.4 Å². The first kappa shape index (κ1) is 29.0. The molecule has 1 fully saturated rings. The van der Waals surface area contributed by atoms with Gasteiger partial charge in [-0.15, -0.1) is 0 Å². The van der Waals surface area contributed by atoms with Gasteiger partial charge in [-0.05, 0) is 50.8 Å². The zero-order chi connectivity index (χ0) is 27.7. The van der Waals surface area contributed by atoms with Gasteiger partial charge in [-0.2, -0.15) is 0 Å². The molecule has 0 unspecified atom stereocenters. The Balaban J connectivity index is 1.67. The van der Waals surface area contributed by atoms with Crippen LogP contribution in [0, 0.1) is 5.92 Å². The maximum atomic E-state index is 13.0. The number of esters is 2. The van der Waals surface area contributed by atoms with Crippen LogP contribution < -0.4 is 19.5 Å². The molecule has 1 heterocycles. The molecular weight excluding hydrogens is 516 g/mol. The van der Waals surface area contributed by atoms with Gasteiger partial charge in [0.25, 0.3) is 5.91 Å². The maximum Gasteiger partial charge on any atom is 0.328 e. The van der Waals surface area contributed by atoms with E-state index in [0.717, 1.165) is 25.7 Å². The van der Waals surface area contributed by atoms with E-state index in [2.05, 4.69) is 10.3 Å². The Kier molecular flexibility index (Phi) is 10.6. The minimum absolute atomic E-state index is 0.0288. The fourth-order valence-corrected chi connectivity index (χ4v) is 4.48. The lowest BCUT2D eigenvalue weighted by Gasteiger charge is -2.30. The molecular formula is C27H33ClN2O8. The average Bonchev–Trinajstić information content (AvgIpc) is 3.41. The lowest BCUT2D eigenvalue weighted by atomic mass is 9.96. The highest BCUT2D eigenvalue weighted by Crippen LogP contribution is 2.33. The third kappa shape index (κ3) is 7.98. The van der Waals surface area contributed by atoms with Crippen LogP contribution in [0.1, 0.15) is 56.9 Å². The van der Waals surface area contributed by atoms with E-state index in [-0.39, 0.29) is 29.2 Å². The first-order valence-corrected chi connectivity index (χ1v) is 12.8. The van der Waals surface area contributed by atoms with Crippen LogP contribution in [0.3, 0.4) is 0 Å². The van der Waals surface area contributed by atoms with E-state index >= 15 is 0 Å². The fraction of sp³-hybridized carbons (Fsp3) is 0.481. The van der Waals surface area contributed by atoms with Gasteiger partial charge in [0.15, 0.2) is 17.2 Å². The highest BCUT2D eigenvalue weighted by atomic mass is 35.5. The van der Waals surface area contributed by atoms with Crippen molar-refractivity contribution >= 4 is 29.4 Å². The molecule has 1 aromatic carbocycles. The molecule has 1 aliphatic rings. The number of rotatable bonds is 12. The van der Waals surface area contributed by atoms with Crippen molar-refractivity contribution in [3.63, 3.8) is 0 Å². The summed E-state index contributed by atoms with van der Waals surface area (Å²) < 4.78 is 27.4. The molecule has 0 radical (unpaired) electrons. The third-order valence-corrected chi connectivity index (χ3v) is 6.40. The van der Waals surface area contributed by atoms with E-state index in [1.165, 1.54) is 33.2 Å². The number of aromatic nitrogens is 1. The molecule has 0 spiro atoms. The van der Waals surface area contributed by atoms with Crippen LogP contribution in [0.2, 0.25) is 5.02 Å². The quantitative estimate of drug-likeness (QED) is 0.305. The van der Waals surface area contributed by atoms with Crippen LogP contribution in [-0.2, 0) is 19.1 Å². The zero-order valence-electron chi connectivity index (χ0n) is 21.9. The van der Waals surface area contributed by atoms with Gasteiger partial charge in [-0.3, -0.25) is 9.59 Å². The summed E-state index contributed by atoms with van der Waals surface area (Å²) in [7, 11) is 1.39. The molecule has 1 N–H and O–H groups in total. The number of hydrogen-bond donors (Lipinski definition) is 1. The number of pyridine rings is 1. The SMILES string of the molecule is COc1ccnc(C(=O)N[C@@H](C)C(=O)O[C@@H](C)[C@H](Oc2cccc(Cl)c2)C2CCCC2)c1OCOC(C)=O. The number of ether oxygens (including phenoxy) is 5. The number of nitrogens with one attached hydrogen (secondary N) is 1. The standard InChI is InChI=1S/C27H33ClN2O8/c1-16(30-26(32)23-25(36-15-35-18(3)31)22(34-4)12-13-29-23)27(33)37-17(2)24(19-8-5-6-9-19)38-21-11-7-10-20(28)14-21/h7,10-14,16-17,19,24H,5-6,8-9,15H2,1-4H3,(H,30,32)/t16-,17-,24-/m0/s1. The number of halogens is 1. The molecule has 1 amide bonds. The Morgan fingerprint density at radius 3 is 2.55 bits per heavy atom. The van der Waals surface area contributed by atoms with Crippen LogP contribution in [0.4, 0.5) is 0 Å². The van der Waals surface area contributed by atoms with Gasteiger partial charge in [0.2, 0.25) is 6.79 Å². The molecule has 10 nitrogen and oxygen atoms in total. The first-order chi connectivity index (χ1) is 18.2. The summed E-state index contributed by atoms with van der Waals surface area (Å²) in [6.45, 7) is 4.07. The van der Waals surface area contributed by atoms with Crippen molar-refractivity contribution in [3.8, 4) is 17.2 Å². The predicted octanol–water partition coefficient (Wildman–Crippen LogP) is 4.33. The van der Waals surface area contributed by atoms with Gasteiger partial charge in [0.05, 0.1) is 7.11 Å². The minimum atomic E-state index is -1.00. The zero-order valence-corrected chi connectivity index (χ0v) is 22.7. The van der Waals surface area contributed by atoms with Gasteiger partial charge in [0.1, 0.15) is 24.0 Å². The molecule has 0 saturated heterocycles. The molecule has 1 aromatic heterocycles. The number of amides is 1. The lowest BCUT2D eigenvalue weighted by molar-refractivity contribution is -0.156. The highest BCUT2D eigenvalue weighted by Gasteiger charge is 2.34. The Hall–Kier alpha value is -3.53. The highest BCUT2D eigenvalue weighted by molar-refractivity contribution is 6.30. The molecule has 1 aliphatic carbocycles. The number of nitrogens with zero attached hydrogens (tertiary/aromatic N) is 1. The second-order valence-electron chi connectivity index (χ2n) is 9.01. The van der Waals surface area contributed by atoms with Gasteiger partial charge in [-0.1, -0.05) is 30.5 Å². The number of carbonyl (C=O) groups excluding carboxylic acids is 3. The van der Waals surface area contributed by atoms with Crippen molar-refractivity contribution in [2.24, 2.45) is 5.92 Å². The topological polar surface area (TPSA) is 122 Å². The molecule has 1 saturated carbocycles. The summed E-state index contributed by atoms with van der Waals surface area (Å²) >= 11 is 6.12. The van der Waals surface area contributed by atoms with Crippen molar-refractivity contribution in [1.29, 1.82) is 0 Å². The van der Waals surface area contributed by atoms with Crippen LogP contribution in [-0.4, -0.2) is 55.0 Å². The predicted molar refractivity (Wildman–Crippen MR) is 138 cm³/mol. The van der Waals surface area contributed by atoms with E-state index < -0.39 is 36.8 Å². The Bertz CT molecular complexity index is 1120. The second kappa shape index (κ2) is 13.9. The number of methoxy groups -OCH3 is 1. The summed E-state index contributed by atoms with van der Waals surface area (Å²) in [5, 5.41) is 3.13. The summed E-state index contributed by atoms with van der Waals surface area (Å²) in [5.41, 5.74) is -0.141. The molecule has 11 heteroatoms. The third-order valence-electron chi connectivity index (χ3n) is 6.17. The molecule has 206 valence electrons. The first-order valence-electron chi connectivity index (χ1n) is 12.4. The Labute approximate surface area is 226 Å². The van der Waals surface area contributed by atoms with Crippen LogP contribution in [0.25, 0.3) is 0 Å². The second-order valence-corrected chi connectivity index (χ2v) is 9.45. The van der Waals surface area contributed by atoms with Crippen molar-refractivity contribution in [3.05, 3.63) is 47.2 Å². The molecule has 0 aliphatic heterocycles. The van der Waals surface area contributed by atoms with Crippen molar-refractivity contribution in [2.75, 3.05) is 13.9 Å². The molecule has 38 heavy (non-hydrogen) atoms. The molecule has 3 rings (SSSR count). The number of benzene rings is 1. The molecule has 3 atom stereocenters. The molecule has 0 bridgehead atoms. The number of hydrogen-bond acceptors (Lipinski definition) is 9. The fourth-order valence-electron chi connectivity index (χ4n) is 4.30. The van der Waals surface area contributed by atoms with Crippen LogP contribution >= 0.6 is 11.6 Å². The summed E-state index contributed by atoms with van der Waals surface area (Å²) in [6, 6.07) is 7.58. The number of carbonyl (C=O) groups is 3. The normalized spacial score (nSPS) is 15.6. The lowest BCUT2D eigenvalue weighted by Crippen LogP contribution is -2.45. The van der Waals surface area contributed by atoms with E-state index in [4.69, 9.17) is 35.3 Å². The Morgan fingerprint density at radius 1 is 1.16 bits per heavy atom. The van der Waals surface area contributed by atoms with Gasteiger partial charge in [0, 0.05) is 24.2 Å². The summed E-state index contributed by atoms with van der Waals surface area (Å²) in [5.74, 6) is -0.879. The average molecular weight is 549 g/mol. The minimum Gasteiger partial charge on any atom is -0.493 e. The van der Waals surface area contributed by atoms with E-state index in [1.54, 1.807) is 25.1 Å². The van der Waals surface area contributed by atoms with Gasteiger partial charge < -0.3 is 29.0 Å². The Morgan fingerprint density at radius 2 is 1.89 bits per heavy atom. The van der Waals surface area contributed by atoms with Crippen LogP contribution in [0.15, 0.2) is 36.5 Å².